The second kappa shape index (κ2) is 4.44. The van der Waals surface area contributed by atoms with Crippen LogP contribution in [0.1, 0.15) is 20.3 Å². The summed E-state index contributed by atoms with van der Waals surface area (Å²) in [5, 5.41) is 2.63. The first-order valence-electron chi connectivity index (χ1n) is 5.62. The summed E-state index contributed by atoms with van der Waals surface area (Å²) in [4.78, 5) is 11.6. The Morgan fingerprint density at radius 1 is 1.39 bits per heavy atom. The quantitative estimate of drug-likeness (QED) is 0.905. The molecule has 2 rings (SSSR count). The molecule has 1 aliphatic heterocycles. The van der Waals surface area contributed by atoms with Crippen LogP contribution in [0.3, 0.4) is 0 Å². The number of anilines is 1. The monoisotopic (exact) mass is 257 g/mol. The molecule has 0 radical (unpaired) electrons. The van der Waals surface area contributed by atoms with Crippen molar-refractivity contribution in [2.24, 2.45) is 5.92 Å². The van der Waals surface area contributed by atoms with Gasteiger partial charge in [0.1, 0.15) is 0 Å². The van der Waals surface area contributed by atoms with E-state index in [1.165, 1.54) is 18.2 Å². The summed E-state index contributed by atoms with van der Waals surface area (Å²) in [7, 11) is 0. The van der Waals surface area contributed by atoms with Crippen molar-refractivity contribution in [3.05, 3.63) is 18.2 Å². The Balaban J connectivity index is 2.12. The standard InChI is InChI=1S/C12H13F2NO3/c1-3-7(2)11(16)15-8-4-5-9-10(6-8)18-12(13,14)17-9/h4-7H,3H2,1-2H3,(H,15,16). The van der Waals surface area contributed by atoms with Crippen molar-refractivity contribution >= 4 is 11.6 Å². The van der Waals surface area contributed by atoms with E-state index in [9.17, 15) is 13.6 Å². The van der Waals surface area contributed by atoms with Crippen LogP contribution in [0.2, 0.25) is 0 Å². The van der Waals surface area contributed by atoms with Gasteiger partial charge < -0.3 is 14.8 Å². The third kappa shape index (κ3) is 2.52. The number of halogens is 2. The van der Waals surface area contributed by atoms with Crippen LogP contribution in [0.4, 0.5) is 14.5 Å². The van der Waals surface area contributed by atoms with E-state index in [0.29, 0.717) is 12.1 Å². The van der Waals surface area contributed by atoms with Crippen molar-refractivity contribution in [2.75, 3.05) is 5.32 Å². The molecule has 1 aromatic carbocycles. The van der Waals surface area contributed by atoms with Crippen LogP contribution >= 0.6 is 0 Å². The molecule has 6 heteroatoms. The average Bonchev–Trinajstić information content (AvgIpc) is 2.61. The number of carbonyl (C=O) groups excluding carboxylic acids is 1. The second-order valence-corrected chi connectivity index (χ2v) is 4.13. The summed E-state index contributed by atoms with van der Waals surface area (Å²) in [5.74, 6) is -0.427. The summed E-state index contributed by atoms with van der Waals surface area (Å²) in [6.07, 6.45) is -2.93. The van der Waals surface area contributed by atoms with Gasteiger partial charge in [-0.25, -0.2) is 0 Å². The van der Waals surface area contributed by atoms with E-state index in [1.54, 1.807) is 6.92 Å². The smallest absolute Gasteiger partial charge is 0.395 e. The number of rotatable bonds is 3. The second-order valence-electron chi connectivity index (χ2n) is 4.13. The number of ether oxygens (including phenoxy) is 2. The zero-order chi connectivity index (χ0) is 13.3. The molecule has 1 aromatic rings. The summed E-state index contributed by atoms with van der Waals surface area (Å²) in [6.45, 7) is 3.68. The first-order valence-corrected chi connectivity index (χ1v) is 5.62. The first kappa shape index (κ1) is 12.6. The lowest BCUT2D eigenvalue weighted by Crippen LogP contribution is -2.25. The Labute approximate surface area is 103 Å². The van der Waals surface area contributed by atoms with Crippen molar-refractivity contribution in [3.63, 3.8) is 0 Å². The molecule has 0 saturated carbocycles. The topological polar surface area (TPSA) is 47.6 Å². The van der Waals surface area contributed by atoms with Crippen LogP contribution in [0, 0.1) is 5.92 Å². The zero-order valence-electron chi connectivity index (χ0n) is 10.00. The van der Waals surface area contributed by atoms with E-state index in [0.717, 1.165) is 0 Å². The highest BCUT2D eigenvalue weighted by atomic mass is 19.3. The lowest BCUT2D eigenvalue weighted by molar-refractivity contribution is -0.286. The highest BCUT2D eigenvalue weighted by Crippen LogP contribution is 2.42. The normalized spacial score (nSPS) is 17.3. The fourth-order valence-corrected chi connectivity index (χ4v) is 1.48. The Morgan fingerprint density at radius 3 is 2.72 bits per heavy atom. The van der Waals surface area contributed by atoms with Gasteiger partial charge in [0, 0.05) is 17.7 Å². The van der Waals surface area contributed by atoms with Gasteiger partial charge in [-0.3, -0.25) is 4.79 Å². The molecule has 4 nitrogen and oxygen atoms in total. The molecule has 0 bridgehead atoms. The van der Waals surface area contributed by atoms with Crippen molar-refractivity contribution in [2.45, 2.75) is 26.6 Å². The molecule has 1 atom stereocenters. The van der Waals surface area contributed by atoms with Gasteiger partial charge in [-0.05, 0) is 18.6 Å². The number of alkyl halides is 2. The molecule has 0 aliphatic carbocycles. The summed E-state index contributed by atoms with van der Waals surface area (Å²) >= 11 is 0. The van der Waals surface area contributed by atoms with Crippen LogP contribution in [0.5, 0.6) is 11.5 Å². The third-order valence-corrected chi connectivity index (χ3v) is 2.73. The summed E-state index contributed by atoms with van der Waals surface area (Å²) in [5.41, 5.74) is 0.403. The largest absolute Gasteiger partial charge is 0.586 e. The maximum Gasteiger partial charge on any atom is 0.586 e. The van der Waals surface area contributed by atoms with E-state index in [2.05, 4.69) is 14.8 Å². The minimum atomic E-state index is -3.64. The lowest BCUT2D eigenvalue weighted by atomic mass is 10.1. The molecule has 0 saturated heterocycles. The van der Waals surface area contributed by atoms with Crippen LogP contribution in [-0.4, -0.2) is 12.2 Å². The summed E-state index contributed by atoms with van der Waals surface area (Å²) in [6, 6.07) is 4.14. The minimum absolute atomic E-state index is 0.0402. The average molecular weight is 257 g/mol. The zero-order valence-corrected chi connectivity index (χ0v) is 10.00. The van der Waals surface area contributed by atoms with Crippen LogP contribution in [-0.2, 0) is 4.79 Å². The number of benzene rings is 1. The van der Waals surface area contributed by atoms with Gasteiger partial charge in [0.05, 0.1) is 0 Å². The Morgan fingerprint density at radius 2 is 2.06 bits per heavy atom. The van der Waals surface area contributed by atoms with Crippen molar-refractivity contribution in [3.8, 4) is 11.5 Å². The highest BCUT2D eigenvalue weighted by Gasteiger charge is 2.43. The van der Waals surface area contributed by atoms with Gasteiger partial charge in [-0.2, -0.15) is 0 Å². The third-order valence-electron chi connectivity index (χ3n) is 2.73. The molecule has 1 aliphatic rings. The Hall–Kier alpha value is -1.85. The lowest BCUT2D eigenvalue weighted by Gasteiger charge is -2.10. The first-order chi connectivity index (χ1) is 8.41. The highest BCUT2D eigenvalue weighted by molar-refractivity contribution is 5.92. The van der Waals surface area contributed by atoms with E-state index in [-0.39, 0.29) is 23.3 Å². The molecule has 0 fully saturated rings. The Kier molecular flexibility index (Phi) is 3.11. The number of nitrogens with one attached hydrogen (secondary N) is 1. The van der Waals surface area contributed by atoms with Gasteiger partial charge in [0.15, 0.2) is 11.5 Å². The van der Waals surface area contributed by atoms with Gasteiger partial charge in [0.25, 0.3) is 0 Å². The van der Waals surface area contributed by atoms with Gasteiger partial charge in [0.2, 0.25) is 5.91 Å². The number of fused-ring (bicyclic) bond motifs is 1. The molecule has 0 spiro atoms. The molecular weight excluding hydrogens is 244 g/mol. The fourth-order valence-electron chi connectivity index (χ4n) is 1.48. The molecule has 98 valence electrons. The number of hydrogen-bond donors (Lipinski definition) is 1. The van der Waals surface area contributed by atoms with Crippen LogP contribution in [0.15, 0.2) is 18.2 Å². The molecule has 1 heterocycles. The predicted molar refractivity (Wildman–Crippen MR) is 60.7 cm³/mol. The van der Waals surface area contributed by atoms with Crippen molar-refractivity contribution < 1.29 is 23.0 Å². The molecule has 18 heavy (non-hydrogen) atoms. The fraction of sp³-hybridized carbons (Fsp3) is 0.417. The maximum atomic E-state index is 12.8. The van der Waals surface area contributed by atoms with Crippen LogP contribution in [0.25, 0.3) is 0 Å². The summed E-state index contributed by atoms with van der Waals surface area (Å²) < 4.78 is 34.1. The van der Waals surface area contributed by atoms with Crippen molar-refractivity contribution in [1.29, 1.82) is 0 Å². The van der Waals surface area contributed by atoms with E-state index in [4.69, 9.17) is 0 Å². The number of amides is 1. The van der Waals surface area contributed by atoms with Gasteiger partial charge >= 0.3 is 6.29 Å². The maximum absolute atomic E-state index is 12.8. The minimum Gasteiger partial charge on any atom is -0.395 e. The van der Waals surface area contributed by atoms with Gasteiger partial charge in [-0.15, -0.1) is 8.78 Å². The van der Waals surface area contributed by atoms with E-state index < -0.39 is 6.29 Å². The predicted octanol–water partition coefficient (Wildman–Crippen LogP) is 2.99. The number of carbonyl (C=O) groups is 1. The molecule has 1 unspecified atom stereocenters. The molecule has 0 aromatic heterocycles. The van der Waals surface area contributed by atoms with Crippen molar-refractivity contribution in [1.82, 2.24) is 0 Å². The molecule has 1 amide bonds. The SMILES string of the molecule is CCC(C)C(=O)Nc1ccc2c(c1)OC(F)(F)O2. The van der Waals surface area contributed by atoms with E-state index >= 15 is 0 Å². The number of hydrogen-bond acceptors (Lipinski definition) is 3. The molecular formula is C12H13F2NO3. The molecule has 1 N–H and O–H groups in total. The van der Waals surface area contributed by atoms with Gasteiger partial charge in [-0.1, -0.05) is 13.8 Å². The Bertz CT molecular complexity index is 476. The van der Waals surface area contributed by atoms with E-state index in [1.807, 2.05) is 6.92 Å². The van der Waals surface area contributed by atoms with Crippen LogP contribution < -0.4 is 14.8 Å².